The van der Waals surface area contributed by atoms with Gasteiger partial charge in [-0.2, -0.15) is 0 Å². The Bertz CT molecular complexity index is 2100. The van der Waals surface area contributed by atoms with E-state index >= 15 is 0 Å². The number of rotatable bonds is 7. The summed E-state index contributed by atoms with van der Waals surface area (Å²) in [5.74, 6) is 1.52. The molecule has 15 heteroatoms. The second-order valence-electron chi connectivity index (χ2n) is 15.8. The lowest BCUT2D eigenvalue weighted by Gasteiger charge is -2.26. The highest BCUT2D eigenvalue weighted by Crippen LogP contribution is 2.38. The number of H-pyrrole nitrogens is 2. The molecule has 0 spiro atoms. The second-order valence-corrected chi connectivity index (χ2v) is 15.8. The smallest absolute Gasteiger partial charge is 0.407 e. The van der Waals surface area contributed by atoms with Crippen LogP contribution in [0.1, 0.15) is 102 Å². The number of carbonyl (C=O) groups excluding carboxylic acids is 4. The van der Waals surface area contributed by atoms with Crippen molar-refractivity contribution < 1.29 is 33.4 Å². The molecule has 5 heterocycles. The summed E-state index contributed by atoms with van der Waals surface area (Å²) in [4.78, 5) is 70.3. The number of likely N-dealkylation sites (tertiary alicyclic amines) is 2. The largest absolute Gasteiger partial charge is 0.493 e. The monoisotopic (exact) mass is 808 g/mol. The Kier molecular flexibility index (Phi) is 13.3. The van der Waals surface area contributed by atoms with Crippen LogP contribution in [0.4, 0.5) is 4.79 Å². The fourth-order valence-electron chi connectivity index (χ4n) is 8.42. The van der Waals surface area contributed by atoms with E-state index in [-0.39, 0.29) is 35.9 Å². The quantitative estimate of drug-likeness (QED) is 0.163. The van der Waals surface area contributed by atoms with Crippen molar-refractivity contribution in [1.29, 1.82) is 0 Å². The summed E-state index contributed by atoms with van der Waals surface area (Å²) in [6.45, 7) is 7.04. The van der Waals surface area contributed by atoms with Crippen LogP contribution in [0.5, 0.6) is 5.75 Å². The summed E-state index contributed by atoms with van der Waals surface area (Å²) in [7, 11) is 1.27. The number of imidazole rings is 2. The standard InChI is InChI=1S/C44H56N8O7/c1-27(47-29(3)53)43(55)52-26-33-23-38(52)41-46-25-36(50-41)34-18-17-32(22-39(34)59-21-10-8-6-5-7-9-20-58-33)30-13-15-31(16-14-30)35-24-45-40(49-35)37-12-11-19-51(37)42(54)28(2)48-44(56)57-4/h13-18,22,24-25,27-28,33,37-38H,5-12,19-21,23,26H2,1-4H3,(H,45,49)(H,46,50)(H,47,53)(H,48,56)/t27-,28-,33-,37-,38-/m0/s1. The lowest BCUT2D eigenvalue weighted by Crippen LogP contribution is -2.46. The number of nitrogens with zero attached hydrogens (tertiary/aromatic N) is 4. The van der Waals surface area contributed by atoms with Crippen molar-refractivity contribution in [3.05, 3.63) is 66.5 Å². The zero-order chi connectivity index (χ0) is 41.5. The first-order valence-electron chi connectivity index (χ1n) is 20.9. The van der Waals surface area contributed by atoms with Crippen molar-refractivity contribution in [3.8, 4) is 39.4 Å². The first-order valence-corrected chi connectivity index (χ1v) is 20.9. The molecule has 4 amide bonds. The maximum absolute atomic E-state index is 13.6. The molecule has 0 radical (unpaired) electrons. The number of ether oxygens (including phenoxy) is 3. The maximum atomic E-state index is 13.6. The molecule has 4 aromatic rings. The van der Waals surface area contributed by atoms with Crippen LogP contribution in [0.15, 0.2) is 54.9 Å². The van der Waals surface area contributed by atoms with Gasteiger partial charge < -0.3 is 44.6 Å². The molecule has 15 nitrogen and oxygen atoms in total. The van der Waals surface area contributed by atoms with Gasteiger partial charge in [0.1, 0.15) is 29.5 Å². The Morgan fingerprint density at radius 3 is 2.14 bits per heavy atom. The van der Waals surface area contributed by atoms with Crippen molar-refractivity contribution in [2.24, 2.45) is 0 Å². The van der Waals surface area contributed by atoms with Crippen LogP contribution >= 0.6 is 0 Å². The molecule has 2 fully saturated rings. The van der Waals surface area contributed by atoms with E-state index in [1.54, 1.807) is 36.0 Å². The molecule has 3 aliphatic heterocycles. The summed E-state index contributed by atoms with van der Waals surface area (Å²) in [6.07, 6.45) is 11.4. The molecule has 0 aliphatic carbocycles. The predicted molar refractivity (Wildman–Crippen MR) is 221 cm³/mol. The normalized spacial score (nSPS) is 21.0. The molecule has 4 N–H and O–H groups in total. The van der Waals surface area contributed by atoms with E-state index < -0.39 is 18.2 Å². The predicted octanol–water partition coefficient (Wildman–Crippen LogP) is 6.46. The van der Waals surface area contributed by atoms with Crippen molar-refractivity contribution in [2.75, 3.05) is 33.4 Å². The highest BCUT2D eigenvalue weighted by Gasteiger charge is 2.40. The number of alkyl carbamates (subject to hydrolysis) is 1. The SMILES string of the molecule is COC(=O)N[C@@H](C)C(=O)N1CCC[C@H]1c1ncc(-c2ccc(-c3ccc4c(c3)OCCCCCCCCO[C@H]3C[C@@H](c5ncc-4[nH]5)N(C(=O)[C@H](C)NC(C)=O)C3)cc2)[nH]1. The van der Waals surface area contributed by atoms with Gasteiger partial charge in [-0.25, -0.2) is 14.8 Å². The van der Waals surface area contributed by atoms with E-state index in [0.29, 0.717) is 44.4 Å². The molecule has 314 valence electrons. The minimum atomic E-state index is -0.717. The van der Waals surface area contributed by atoms with Crippen molar-refractivity contribution >= 4 is 23.8 Å². The van der Waals surface area contributed by atoms with Crippen molar-refractivity contribution in [2.45, 2.75) is 109 Å². The van der Waals surface area contributed by atoms with Crippen LogP contribution in [0.2, 0.25) is 0 Å². The third-order valence-corrected chi connectivity index (χ3v) is 11.5. The van der Waals surface area contributed by atoms with Crippen LogP contribution in [0.25, 0.3) is 33.6 Å². The number of nitrogens with one attached hydrogen (secondary N) is 4. The summed E-state index contributed by atoms with van der Waals surface area (Å²) in [5.41, 5.74) is 5.48. The molecular formula is C44H56N8O7. The highest BCUT2D eigenvalue weighted by molar-refractivity contribution is 5.87. The van der Waals surface area contributed by atoms with Crippen LogP contribution in [0.3, 0.4) is 0 Å². The number of carbonyl (C=O) groups is 4. The third kappa shape index (κ3) is 9.78. The Hall–Kier alpha value is -5.70. The highest BCUT2D eigenvalue weighted by atomic mass is 16.5. The number of aromatic amines is 2. The average molecular weight is 809 g/mol. The molecular weight excluding hydrogens is 753 g/mol. The van der Waals surface area contributed by atoms with Crippen LogP contribution < -0.4 is 15.4 Å². The molecule has 5 atom stereocenters. The van der Waals surface area contributed by atoms with E-state index in [0.717, 1.165) is 90.8 Å². The Balaban J connectivity index is 1.10. The van der Waals surface area contributed by atoms with Gasteiger partial charge in [0.05, 0.1) is 55.7 Å². The molecule has 2 aromatic carbocycles. The summed E-state index contributed by atoms with van der Waals surface area (Å²) in [5, 5.41) is 5.31. The van der Waals surface area contributed by atoms with Gasteiger partial charge in [0.2, 0.25) is 17.7 Å². The minimum absolute atomic E-state index is 0.124. The third-order valence-electron chi connectivity index (χ3n) is 11.5. The summed E-state index contributed by atoms with van der Waals surface area (Å²) >= 11 is 0. The number of aromatic nitrogens is 4. The van der Waals surface area contributed by atoms with Gasteiger partial charge >= 0.3 is 6.09 Å². The topological polar surface area (TPSA) is 184 Å². The minimum Gasteiger partial charge on any atom is -0.493 e. The van der Waals surface area contributed by atoms with Gasteiger partial charge in [0.15, 0.2) is 0 Å². The first kappa shape index (κ1) is 41.5. The lowest BCUT2D eigenvalue weighted by atomic mass is 10.00. The lowest BCUT2D eigenvalue weighted by molar-refractivity contribution is -0.137. The van der Waals surface area contributed by atoms with Crippen LogP contribution in [-0.2, 0) is 23.9 Å². The number of amides is 4. The second kappa shape index (κ2) is 18.9. The van der Waals surface area contributed by atoms with E-state index in [9.17, 15) is 19.2 Å². The number of hydrogen-bond acceptors (Lipinski definition) is 9. The fraction of sp³-hybridized carbons (Fsp3) is 0.500. The molecule has 0 unspecified atom stereocenters. The zero-order valence-corrected chi connectivity index (χ0v) is 34.4. The van der Waals surface area contributed by atoms with Gasteiger partial charge in [-0.05, 0) is 68.4 Å². The van der Waals surface area contributed by atoms with E-state index in [2.05, 4.69) is 66.7 Å². The van der Waals surface area contributed by atoms with Gasteiger partial charge in [-0.3, -0.25) is 14.4 Å². The van der Waals surface area contributed by atoms with Crippen LogP contribution in [0, 0.1) is 0 Å². The molecule has 0 saturated carbocycles. The van der Waals surface area contributed by atoms with Gasteiger partial charge in [-0.1, -0.05) is 56.0 Å². The van der Waals surface area contributed by atoms with Gasteiger partial charge in [0, 0.05) is 38.6 Å². The fourth-order valence-corrected chi connectivity index (χ4v) is 8.42. The van der Waals surface area contributed by atoms with Crippen molar-refractivity contribution in [3.63, 3.8) is 0 Å². The summed E-state index contributed by atoms with van der Waals surface area (Å²) in [6, 6.07) is 12.5. The molecule has 59 heavy (non-hydrogen) atoms. The van der Waals surface area contributed by atoms with E-state index in [1.165, 1.54) is 14.0 Å². The molecule has 2 aromatic heterocycles. The van der Waals surface area contributed by atoms with Crippen LogP contribution in [-0.4, -0.2) is 105 Å². The zero-order valence-electron chi connectivity index (χ0n) is 34.4. The number of methoxy groups -OCH3 is 1. The van der Waals surface area contributed by atoms with E-state index in [4.69, 9.17) is 14.5 Å². The maximum Gasteiger partial charge on any atom is 0.407 e. The van der Waals surface area contributed by atoms with E-state index in [1.807, 2.05) is 6.07 Å². The Morgan fingerprint density at radius 1 is 0.763 bits per heavy atom. The number of fused-ring (bicyclic) bond motifs is 7. The summed E-state index contributed by atoms with van der Waals surface area (Å²) < 4.78 is 17.5. The Morgan fingerprint density at radius 2 is 1.39 bits per heavy atom. The average Bonchev–Trinajstić information content (AvgIpc) is 4.07. The first-order chi connectivity index (χ1) is 28.6. The Labute approximate surface area is 345 Å². The molecule has 7 rings (SSSR count). The molecule has 3 aliphatic rings. The number of hydrogen-bond donors (Lipinski definition) is 4. The van der Waals surface area contributed by atoms with Gasteiger partial charge in [-0.15, -0.1) is 0 Å². The number of benzene rings is 2. The van der Waals surface area contributed by atoms with Gasteiger partial charge in [0.25, 0.3) is 0 Å². The molecule has 4 bridgehead atoms. The molecule has 2 saturated heterocycles. The van der Waals surface area contributed by atoms with Crippen molar-refractivity contribution in [1.82, 2.24) is 40.4 Å².